The van der Waals surface area contributed by atoms with Crippen molar-refractivity contribution in [3.05, 3.63) is 59.5 Å². The van der Waals surface area contributed by atoms with E-state index in [0.717, 1.165) is 56.7 Å². The lowest BCUT2D eigenvalue weighted by Gasteiger charge is -2.34. The molecular formula is C26H32N4O4. The van der Waals surface area contributed by atoms with Crippen molar-refractivity contribution >= 4 is 5.91 Å². The Morgan fingerprint density at radius 1 is 1.00 bits per heavy atom. The molecule has 34 heavy (non-hydrogen) atoms. The molecule has 2 heterocycles. The van der Waals surface area contributed by atoms with Crippen LogP contribution in [0, 0.1) is 6.92 Å². The van der Waals surface area contributed by atoms with Crippen molar-refractivity contribution in [2.45, 2.75) is 26.2 Å². The van der Waals surface area contributed by atoms with Crippen LogP contribution >= 0.6 is 0 Å². The van der Waals surface area contributed by atoms with Crippen LogP contribution in [0.4, 0.5) is 0 Å². The first-order valence-corrected chi connectivity index (χ1v) is 11.7. The molecule has 1 aliphatic rings. The van der Waals surface area contributed by atoms with Gasteiger partial charge in [-0.2, -0.15) is 4.98 Å². The topological polar surface area (TPSA) is 80.9 Å². The van der Waals surface area contributed by atoms with Gasteiger partial charge in [0, 0.05) is 38.2 Å². The minimum atomic E-state index is 0.140. The number of nitrogens with zero attached hydrogens (tertiary/aromatic N) is 4. The number of piperazine rings is 1. The molecule has 1 amide bonds. The number of hydrogen-bond acceptors (Lipinski definition) is 7. The summed E-state index contributed by atoms with van der Waals surface area (Å²) in [6, 6.07) is 13.7. The third kappa shape index (κ3) is 5.94. The molecule has 0 bridgehead atoms. The SMILES string of the molecule is COc1ccc(CC(=O)N2CCN(CCCc3nc(-c4ccc(C)cc4)no3)CC2)cc1OC. The summed E-state index contributed by atoms with van der Waals surface area (Å²) in [6.45, 7) is 6.22. The Bertz CT molecular complexity index is 1090. The Kier molecular flexibility index (Phi) is 7.80. The quantitative estimate of drug-likeness (QED) is 0.480. The third-order valence-electron chi connectivity index (χ3n) is 6.17. The van der Waals surface area contributed by atoms with Gasteiger partial charge in [0.25, 0.3) is 0 Å². The van der Waals surface area contributed by atoms with Gasteiger partial charge in [0.2, 0.25) is 17.6 Å². The monoisotopic (exact) mass is 464 g/mol. The maximum Gasteiger partial charge on any atom is 0.227 e. The number of amides is 1. The van der Waals surface area contributed by atoms with Gasteiger partial charge in [-0.25, -0.2) is 0 Å². The van der Waals surface area contributed by atoms with Crippen LogP contribution in [-0.2, 0) is 17.6 Å². The Hall–Kier alpha value is -3.39. The highest BCUT2D eigenvalue weighted by Crippen LogP contribution is 2.28. The lowest BCUT2D eigenvalue weighted by Crippen LogP contribution is -2.49. The van der Waals surface area contributed by atoms with Crippen LogP contribution in [0.5, 0.6) is 11.5 Å². The highest BCUT2D eigenvalue weighted by molar-refractivity contribution is 5.79. The summed E-state index contributed by atoms with van der Waals surface area (Å²) in [6.07, 6.45) is 2.05. The second kappa shape index (κ2) is 11.2. The van der Waals surface area contributed by atoms with Gasteiger partial charge in [0.05, 0.1) is 20.6 Å². The molecule has 180 valence electrons. The fraction of sp³-hybridized carbons (Fsp3) is 0.423. The molecule has 0 radical (unpaired) electrons. The molecule has 1 saturated heterocycles. The zero-order valence-corrected chi connectivity index (χ0v) is 20.1. The van der Waals surface area contributed by atoms with E-state index < -0.39 is 0 Å². The smallest absolute Gasteiger partial charge is 0.227 e. The number of hydrogen-bond donors (Lipinski definition) is 0. The van der Waals surface area contributed by atoms with E-state index in [2.05, 4.69) is 22.0 Å². The average molecular weight is 465 g/mol. The highest BCUT2D eigenvalue weighted by atomic mass is 16.5. The largest absolute Gasteiger partial charge is 0.493 e. The van der Waals surface area contributed by atoms with Crippen molar-refractivity contribution in [3.63, 3.8) is 0 Å². The van der Waals surface area contributed by atoms with E-state index in [-0.39, 0.29) is 5.91 Å². The van der Waals surface area contributed by atoms with Crippen molar-refractivity contribution in [1.82, 2.24) is 19.9 Å². The number of rotatable bonds is 9. The van der Waals surface area contributed by atoms with Crippen molar-refractivity contribution in [1.29, 1.82) is 0 Å². The number of carbonyl (C=O) groups excluding carboxylic acids is 1. The zero-order chi connectivity index (χ0) is 23.9. The fourth-order valence-corrected chi connectivity index (χ4v) is 4.13. The first-order valence-electron chi connectivity index (χ1n) is 11.7. The van der Waals surface area contributed by atoms with E-state index in [9.17, 15) is 4.79 Å². The van der Waals surface area contributed by atoms with Crippen LogP contribution in [0.25, 0.3) is 11.4 Å². The van der Waals surface area contributed by atoms with Crippen molar-refractivity contribution < 1.29 is 18.8 Å². The van der Waals surface area contributed by atoms with Crippen LogP contribution < -0.4 is 9.47 Å². The first-order chi connectivity index (χ1) is 16.6. The van der Waals surface area contributed by atoms with Crippen molar-refractivity contribution in [2.24, 2.45) is 0 Å². The second-order valence-electron chi connectivity index (χ2n) is 8.57. The van der Waals surface area contributed by atoms with E-state index in [0.29, 0.717) is 29.6 Å². The lowest BCUT2D eigenvalue weighted by atomic mass is 10.1. The predicted molar refractivity (Wildman–Crippen MR) is 129 cm³/mol. The molecule has 1 aromatic heterocycles. The van der Waals surface area contributed by atoms with Gasteiger partial charge < -0.3 is 18.9 Å². The predicted octanol–water partition coefficient (Wildman–Crippen LogP) is 3.38. The lowest BCUT2D eigenvalue weighted by molar-refractivity contribution is -0.132. The van der Waals surface area contributed by atoms with Gasteiger partial charge in [0.15, 0.2) is 11.5 Å². The summed E-state index contributed by atoms with van der Waals surface area (Å²) in [7, 11) is 3.21. The Morgan fingerprint density at radius 3 is 2.44 bits per heavy atom. The standard InChI is InChI=1S/C26H32N4O4/c1-19-6-9-21(10-7-19)26-27-24(34-28-26)5-4-12-29-13-15-30(16-14-29)25(31)18-20-8-11-22(32-2)23(17-20)33-3/h6-11,17H,4-5,12-16,18H2,1-3H3. The van der Waals surface area contributed by atoms with Crippen LogP contribution in [0.3, 0.4) is 0 Å². The van der Waals surface area contributed by atoms with Crippen molar-refractivity contribution in [3.8, 4) is 22.9 Å². The van der Waals surface area contributed by atoms with Gasteiger partial charge >= 0.3 is 0 Å². The number of benzene rings is 2. The maximum atomic E-state index is 12.8. The molecule has 0 aliphatic carbocycles. The minimum absolute atomic E-state index is 0.140. The molecule has 0 unspecified atom stereocenters. The molecule has 4 rings (SSSR count). The summed E-state index contributed by atoms with van der Waals surface area (Å²) >= 11 is 0. The van der Waals surface area contributed by atoms with E-state index in [1.54, 1.807) is 14.2 Å². The zero-order valence-electron chi connectivity index (χ0n) is 20.1. The number of carbonyl (C=O) groups is 1. The van der Waals surface area contributed by atoms with E-state index in [1.807, 2.05) is 47.4 Å². The van der Waals surface area contributed by atoms with Gasteiger partial charge in [-0.3, -0.25) is 9.69 Å². The molecule has 8 nitrogen and oxygen atoms in total. The van der Waals surface area contributed by atoms with Crippen molar-refractivity contribution in [2.75, 3.05) is 46.9 Å². The molecular weight excluding hydrogens is 432 g/mol. The molecule has 0 N–H and O–H groups in total. The van der Waals surface area contributed by atoms with Gasteiger partial charge in [-0.1, -0.05) is 41.1 Å². The van der Waals surface area contributed by atoms with Crippen LogP contribution in [0.2, 0.25) is 0 Å². The summed E-state index contributed by atoms with van der Waals surface area (Å²) in [4.78, 5) is 21.6. The third-order valence-corrected chi connectivity index (χ3v) is 6.17. The average Bonchev–Trinajstić information content (AvgIpc) is 3.33. The Balaban J connectivity index is 1.19. The molecule has 2 aromatic carbocycles. The number of methoxy groups -OCH3 is 2. The maximum absolute atomic E-state index is 12.8. The molecule has 0 atom stereocenters. The molecule has 1 aliphatic heterocycles. The molecule has 8 heteroatoms. The minimum Gasteiger partial charge on any atom is -0.493 e. The van der Waals surface area contributed by atoms with Crippen LogP contribution in [0.1, 0.15) is 23.4 Å². The van der Waals surface area contributed by atoms with Gasteiger partial charge in [-0.15, -0.1) is 0 Å². The van der Waals surface area contributed by atoms with E-state index in [4.69, 9.17) is 14.0 Å². The summed E-state index contributed by atoms with van der Waals surface area (Å²) < 4.78 is 16.0. The Morgan fingerprint density at radius 2 is 1.74 bits per heavy atom. The molecule has 0 spiro atoms. The Labute approximate surface area is 200 Å². The normalized spacial score (nSPS) is 14.3. The summed E-state index contributed by atoms with van der Waals surface area (Å²) in [5, 5.41) is 4.11. The number of ether oxygens (including phenoxy) is 2. The first kappa shape index (κ1) is 23.8. The number of aryl methyl sites for hydroxylation is 2. The van der Waals surface area contributed by atoms with Crippen LogP contribution in [-0.4, -0.2) is 72.8 Å². The number of aromatic nitrogens is 2. The highest BCUT2D eigenvalue weighted by Gasteiger charge is 2.21. The molecule has 3 aromatic rings. The van der Waals surface area contributed by atoms with E-state index >= 15 is 0 Å². The summed E-state index contributed by atoms with van der Waals surface area (Å²) in [5.74, 6) is 2.75. The fourth-order valence-electron chi connectivity index (χ4n) is 4.13. The van der Waals surface area contributed by atoms with E-state index in [1.165, 1.54) is 5.56 Å². The second-order valence-corrected chi connectivity index (χ2v) is 8.57. The molecule has 0 saturated carbocycles. The van der Waals surface area contributed by atoms with Gasteiger partial charge in [-0.05, 0) is 37.6 Å². The van der Waals surface area contributed by atoms with Crippen LogP contribution in [0.15, 0.2) is 47.0 Å². The van der Waals surface area contributed by atoms with Gasteiger partial charge in [0.1, 0.15) is 0 Å². The molecule has 1 fully saturated rings. The summed E-state index contributed by atoms with van der Waals surface area (Å²) in [5.41, 5.74) is 3.10.